The van der Waals surface area contributed by atoms with Crippen LogP contribution in [-0.4, -0.2) is 133 Å². The summed E-state index contributed by atoms with van der Waals surface area (Å²) in [5, 5.41) is 14.6. The van der Waals surface area contributed by atoms with E-state index in [1.54, 1.807) is 14.1 Å². The molecule has 322 valence electrons. The van der Waals surface area contributed by atoms with Crippen LogP contribution >= 0.6 is 0 Å². The number of aromatic nitrogens is 1. The smallest absolute Gasteiger partial charge is 0.409 e. The van der Waals surface area contributed by atoms with Crippen LogP contribution in [0.25, 0.3) is 10.9 Å². The van der Waals surface area contributed by atoms with Crippen LogP contribution in [-0.2, 0) is 41.1 Å². The second-order valence-corrected chi connectivity index (χ2v) is 19.5. The maximum absolute atomic E-state index is 14.4. The lowest BCUT2D eigenvalue weighted by molar-refractivity contribution is -0.228. The maximum Gasteiger partial charge on any atom is 0.409 e. The molecule has 12 heteroatoms. The van der Waals surface area contributed by atoms with E-state index in [-0.39, 0.29) is 18.1 Å². The molecule has 6 aliphatic rings. The van der Waals surface area contributed by atoms with Crippen LogP contribution in [0.3, 0.4) is 0 Å². The number of hydrogen-bond donors (Lipinski definition) is 2. The molecule has 5 aliphatic heterocycles. The van der Waals surface area contributed by atoms with Crippen LogP contribution in [0.2, 0.25) is 0 Å². The topological polar surface area (TPSA) is 128 Å². The molecule has 3 aromatic rings. The molecular formula is C48H63N5O7. The molecule has 1 aromatic heterocycles. The number of aromatic amines is 1. The Kier molecular flexibility index (Phi) is 9.61. The lowest BCUT2D eigenvalue weighted by Crippen LogP contribution is -2.81. The van der Waals surface area contributed by atoms with Crippen molar-refractivity contribution in [2.75, 3.05) is 65.9 Å². The van der Waals surface area contributed by atoms with Crippen LogP contribution in [0.5, 0.6) is 0 Å². The molecule has 2 saturated heterocycles. The molecule has 1 amide bonds. The second kappa shape index (κ2) is 14.1. The number of piperidine rings is 1. The van der Waals surface area contributed by atoms with E-state index < -0.39 is 51.5 Å². The quantitative estimate of drug-likeness (QED) is 0.178. The first-order valence-electron chi connectivity index (χ1n) is 22.0. The van der Waals surface area contributed by atoms with E-state index in [4.69, 9.17) is 14.2 Å². The third-order valence-electron chi connectivity index (χ3n) is 16.1. The van der Waals surface area contributed by atoms with Gasteiger partial charge in [0.15, 0.2) is 6.10 Å². The van der Waals surface area contributed by atoms with E-state index in [0.717, 1.165) is 74.2 Å². The zero-order valence-corrected chi connectivity index (χ0v) is 36.9. The number of anilines is 1. The van der Waals surface area contributed by atoms with Gasteiger partial charge in [0, 0.05) is 98.8 Å². The Morgan fingerprint density at radius 1 is 1.03 bits per heavy atom. The number of aliphatic hydroxyl groups is 1. The van der Waals surface area contributed by atoms with Crippen molar-refractivity contribution in [3.63, 3.8) is 0 Å². The van der Waals surface area contributed by atoms with Gasteiger partial charge in [-0.25, -0.2) is 9.59 Å². The van der Waals surface area contributed by atoms with E-state index in [9.17, 15) is 19.5 Å². The van der Waals surface area contributed by atoms with Crippen LogP contribution < -0.4 is 4.90 Å². The van der Waals surface area contributed by atoms with Crippen molar-refractivity contribution in [3.05, 3.63) is 76.5 Å². The minimum Gasteiger partial charge on any atom is -0.467 e. The van der Waals surface area contributed by atoms with E-state index in [2.05, 4.69) is 95.9 Å². The summed E-state index contributed by atoms with van der Waals surface area (Å²) < 4.78 is 18.1. The molecule has 3 fully saturated rings. The minimum absolute atomic E-state index is 0.168. The fraction of sp³-hybridized carbons (Fsp3) is 0.604. The summed E-state index contributed by atoms with van der Waals surface area (Å²) in [4.78, 5) is 53.2. The Morgan fingerprint density at radius 2 is 1.80 bits per heavy atom. The molecule has 1 saturated carbocycles. The molecule has 2 bridgehead atoms. The summed E-state index contributed by atoms with van der Waals surface area (Å²) in [6, 6.07) is 12.4. The summed E-state index contributed by atoms with van der Waals surface area (Å²) in [5.41, 5.74) is 3.17. The van der Waals surface area contributed by atoms with Crippen LogP contribution in [0, 0.1) is 18.3 Å². The number of rotatable bonds is 6. The van der Waals surface area contributed by atoms with Crippen molar-refractivity contribution in [2.45, 2.75) is 113 Å². The van der Waals surface area contributed by atoms with E-state index in [0.29, 0.717) is 19.4 Å². The number of ether oxygens (including phenoxy) is 3. The third-order valence-corrected chi connectivity index (χ3v) is 16.1. The third kappa shape index (κ3) is 5.48. The number of amides is 1. The van der Waals surface area contributed by atoms with Gasteiger partial charge in [0.1, 0.15) is 5.60 Å². The van der Waals surface area contributed by atoms with Gasteiger partial charge in [-0.2, -0.15) is 0 Å². The minimum atomic E-state index is -2.18. The molecule has 9 rings (SSSR count). The van der Waals surface area contributed by atoms with Crippen LogP contribution in [0.15, 0.2) is 48.6 Å². The van der Waals surface area contributed by atoms with Gasteiger partial charge in [-0.05, 0) is 99.2 Å². The average Bonchev–Trinajstić information content (AvgIpc) is 3.88. The van der Waals surface area contributed by atoms with Gasteiger partial charge < -0.3 is 34.1 Å². The van der Waals surface area contributed by atoms with Gasteiger partial charge in [0.2, 0.25) is 5.60 Å². The lowest BCUT2D eigenvalue weighted by Gasteiger charge is -2.63. The first-order chi connectivity index (χ1) is 28.5. The number of nitrogens with one attached hydrogen (secondary N) is 1. The number of para-hydroxylation sites is 1. The maximum atomic E-state index is 14.4. The Morgan fingerprint density at radius 3 is 2.50 bits per heavy atom. The fourth-order valence-electron chi connectivity index (χ4n) is 13.9. The number of nitrogens with zero attached hydrogens (tertiary/aromatic N) is 4. The van der Waals surface area contributed by atoms with Gasteiger partial charge in [-0.15, -0.1) is 0 Å². The predicted molar refractivity (Wildman–Crippen MR) is 230 cm³/mol. The second-order valence-electron chi connectivity index (χ2n) is 19.5. The molecule has 60 heavy (non-hydrogen) atoms. The number of carbonyl (C=O) groups excluding carboxylic acids is 3. The van der Waals surface area contributed by atoms with Gasteiger partial charge in [-0.1, -0.05) is 50.3 Å². The number of fused-ring (bicyclic) bond motifs is 6. The highest BCUT2D eigenvalue weighted by molar-refractivity contribution is 5.88. The van der Waals surface area contributed by atoms with Crippen molar-refractivity contribution in [3.8, 4) is 0 Å². The zero-order valence-electron chi connectivity index (χ0n) is 36.9. The van der Waals surface area contributed by atoms with Gasteiger partial charge >= 0.3 is 18.0 Å². The number of esters is 2. The number of hydrogen-bond acceptors (Lipinski definition) is 10. The SMILES string of the molecule is CCC1(OC(=O)N(C)C)C[C@H]2CN(CCc3c([nH]c4ccccc34)[C@@](C)(c3cc4c(cc3C)N(C)[C@H]3[C@@](O)(C(=O)OC)[C@H](OC(C)=O)[C@]5(CC)C=CCN6CC[C@]43[C@@H]65)C2)C1. The molecule has 2 N–H and O–H groups in total. The van der Waals surface area contributed by atoms with Crippen molar-refractivity contribution in [2.24, 2.45) is 11.3 Å². The highest BCUT2D eigenvalue weighted by atomic mass is 16.6. The lowest BCUT2D eigenvalue weighted by atomic mass is 9.47. The summed E-state index contributed by atoms with van der Waals surface area (Å²) in [6.45, 7) is 14.1. The molecule has 1 aliphatic carbocycles. The zero-order chi connectivity index (χ0) is 42.7. The van der Waals surface area contributed by atoms with E-state index >= 15 is 0 Å². The van der Waals surface area contributed by atoms with Crippen molar-refractivity contribution in [1.29, 1.82) is 0 Å². The summed E-state index contributed by atoms with van der Waals surface area (Å²) in [5.74, 6) is -1.13. The number of carbonyl (C=O) groups is 3. The Labute approximate surface area is 354 Å². The fourth-order valence-corrected chi connectivity index (χ4v) is 13.9. The van der Waals surface area contributed by atoms with Crippen LogP contribution in [0.1, 0.15) is 87.7 Å². The number of likely N-dealkylation sites (N-methyl/N-ethyl adjacent to an activating group) is 1. The molecule has 10 atom stereocenters. The summed E-state index contributed by atoms with van der Waals surface area (Å²) in [6.07, 6.45) is 7.15. The van der Waals surface area contributed by atoms with Crippen molar-refractivity contribution < 1.29 is 33.7 Å². The number of aryl methyl sites for hydroxylation is 1. The highest BCUT2D eigenvalue weighted by Crippen LogP contribution is 2.68. The number of H-pyrrole nitrogens is 1. The van der Waals surface area contributed by atoms with E-state index in [1.165, 1.54) is 41.1 Å². The van der Waals surface area contributed by atoms with Crippen molar-refractivity contribution >= 4 is 34.6 Å². The molecule has 2 unspecified atom stereocenters. The largest absolute Gasteiger partial charge is 0.467 e. The Bertz CT molecular complexity index is 2290. The van der Waals surface area contributed by atoms with Gasteiger partial charge in [-0.3, -0.25) is 14.6 Å². The number of methoxy groups -OCH3 is 1. The molecule has 6 heterocycles. The van der Waals surface area contributed by atoms with Crippen LogP contribution in [0.4, 0.5) is 10.5 Å². The van der Waals surface area contributed by atoms with Gasteiger partial charge in [0.25, 0.3) is 0 Å². The summed E-state index contributed by atoms with van der Waals surface area (Å²) in [7, 11) is 6.78. The first kappa shape index (κ1) is 41.0. The molecule has 0 radical (unpaired) electrons. The Balaban J connectivity index is 1.27. The van der Waals surface area contributed by atoms with E-state index in [1.807, 2.05) is 7.05 Å². The normalized spacial score (nSPS) is 36.6. The Hall–Kier alpha value is -4.39. The molecule has 2 aromatic carbocycles. The molecular weight excluding hydrogens is 759 g/mol. The monoisotopic (exact) mass is 821 g/mol. The predicted octanol–water partition coefficient (Wildman–Crippen LogP) is 5.84. The van der Waals surface area contributed by atoms with Crippen molar-refractivity contribution in [1.82, 2.24) is 19.7 Å². The average molecular weight is 822 g/mol. The molecule has 12 nitrogen and oxygen atoms in total. The summed E-state index contributed by atoms with van der Waals surface area (Å²) >= 11 is 0. The highest BCUT2D eigenvalue weighted by Gasteiger charge is 2.80. The first-order valence-corrected chi connectivity index (χ1v) is 22.0. The standard InChI is InChI=1S/C48H63N5O7/c1-10-45(60-43(56)50(6)7)26-31-25-44(5,38-33(17-21-52(27-31)28-45)32-15-12-13-16-36(32)49-38)34-24-35-37(23-29(34)3)51(8)40-47(35)19-22-53-20-14-18-46(11-2,39(47)53)41(59-30(4)54)48(40,57)42(55)58-9/h12-16,18,23-24,31,39-41,49,57H,10-11,17,19-22,25-28H2,1-9H3/t31-,39-,40+,41+,44+,45?,46+,47+,48-/m0/s1. The van der Waals surface area contributed by atoms with Gasteiger partial charge in [0.05, 0.1) is 13.2 Å². The molecule has 1 spiro atoms. The number of benzene rings is 2.